The lowest BCUT2D eigenvalue weighted by molar-refractivity contribution is 0.0519. The normalized spacial score (nSPS) is 10.4. The minimum absolute atomic E-state index is 0.229. The lowest BCUT2D eigenvalue weighted by Crippen LogP contribution is -2.12. The molecule has 0 aliphatic rings. The third-order valence-electron chi connectivity index (χ3n) is 3.62. The maximum atomic E-state index is 12.3. The van der Waals surface area contributed by atoms with Gasteiger partial charge in [-0.25, -0.2) is 9.48 Å². The highest BCUT2D eigenvalue weighted by Gasteiger charge is 2.12. The topological polar surface area (TPSA) is 86.1 Å². The van der Waals surface area contributed by atoms with Crippen molar-refractivity contribution in [2.24, 2.45) is 0 Å². The first kappa shape index (κ1) is 17.3. The lowest BCUT2D eigenvalue weighted by Gasteiger charge is -2.08. The number of anilines is 1. The fraction of sp³-hybridized carbons (Fsp3) is 0.158. The molecule has 3 aromatic rings. The molecule has 0 aliphatic heterocycles. The quantitative estimate of drug-likeness (QED) is 0.715. The van der Waals surface area contributed by atoms with E-state index in [1.807, 2.05) is 13.0 Å². The number of nitrogens with zero attached hydrogens (tertiary/aromatic N) is 3. The molecule has 2 aromatic heterocycles. The van der Waals surface area contributed by atoms with Gasteiger partial charge in [0.15, 0.2) is 5.69 Å². The van der Waals surface area contributed by atoms with Gasteiger partial charge in [0.2, 0.25) is 0 Å². The van der Waals surface area contributed by atoms with Crippen molar-refractivity contribution in [2.45, 2.75) is 13.8 Å². The molecule has 26 heavy (non-hydrogen) atoms. The highest BCUT2D eigenvalue weighted by atomic mass is 16.5. The van der Waals surface area contributed by atoms with E-state index in [9.17, 15) is 9.59 Å². The summed E-state index contributed by atoms with van der Waals surface area (Å²) in [6.45, 7) is 3.89. The number of rotatable bonds is 5. The fourth-order valence-corrected chi connectivity index (χ4v) is 2.31. The summed E-state index contributed by atoms with van der Waals surface area (Å²) >= 11 is 0. The number of aromatic nitrogens is 3. The number of amides is 1. The average molecular weight is 350 g/mol. The molecule has 0 bridgehead atoms. The second-order valence-corrected chi connectivity index (χ2v) is 5.56. The van der Waals surface area contributed by atoms with Crippen LogP contribution in [0.3, 0.4) is 0 Å². The Hall–Kier alpha value is -3.48. The molecule has 3 rings (SSSR count). The molecule has 0 saturated heterocycles. The number of hydrogen-bond donors (Lipinski definition) is 1. The summed E-state index contributed by atoms with van der Waals surface area (Å²) in [6.07, 6.45) is 3.20. The van der Waals surface area contributed by atoms with Gasteiger partial charge in [0.1, 0.15) is 0 Å². The van der Waals surface area contributed by atoms with Crippen LogP contribution in [0.2, 0.25) is 0 Å². The smallest absolute Gasteiger partial charge is 0.358 e. The van der Waals surface area contributed by atoms with Crippen LogP contribution in [0.4, 0.5) is 5.69 Å². The molecule has 2 heterocycles. The van der Waals surface area contributed by atoms with Gasteiger partial charge in [0.25, 0.3) is 5.91 Å². The molecule has 7 nitrogen and oxygen atoms in total. The number of aryl methyl sites for hydroxylation is 1. The first-order valence-electron chi connectivity index (χ1n) is 8.14. The van der Waals surface area contributed by atoms with Crippen LogP contribution in [-0.4, -0.2) is 33.2 Å². The van der Waals surface area contributed by atoms with Gasteiger partial charge < -0.3 is 10.1 Å². The van der Waals surface area contributed by atoms with E-state index in [2.05, 4.69) is 15.4 Å². The largest absolute Gasteiger partial charge is 0.461 e. The maximum Gasteiger partial charge on any atom is 0.358 e. The molecule has 1 aromatic carbocycles. The van der Waals surface area contributed by atoms with Gasteiger partial charge in [-0.1, -0.05) is 6.07 Å². The summed E-state index contributed by atoms with van der Waals surface area (Å²) in [5, 5.41) is 7.03. The van der Waals surface area contributed by atoms with Crippen molar-refractivity contribution in [3.63, 3.8) is 0 Å². The van der Waals surface area contributed by atoms with Crippen molar-refractivity contribution in [3.05, 3.63) is 71.8 Å². The van der Waals surface area contributed by atoms with Crippen molar-refractivity contribution in [3.8, 4) is 5.69 Å². The molecule has 0 fully saturated rings. The second kappa shape index (κ2) is 7.60. The summed E-state index contributed by atoms with van der Waals surface area (Å²) in [7, 11) is 0. The number of pyridine rings is 1. The zero-order chi connectivity index (χ0) is 18.5. The van der Waals surface area contributed by atoms with Crippen molar-refractivity contribution < 1.29 is 14.3 Å². The molecule has 0 radical (unpaired) electrons. The standard InChI is InChI=1S/C19H18N4O3/c1-3-26-19(25)17-9-10-23(22-17)16-6-4-5-15(11-16)21-18(24)14-8-7-13(2)20-12-14/h4-12H,3H2,1-2H3,(H,21,24). The number of carbonyl (C=O) groups excluding carboxylic acids is 2. The van der Waals surface area contributed by atoms with Gasteiger partial charge in [0.05, 0.1) is 17.9 Å². The first-order valence-corrected chi connectivity index (χ1v) is 8.14. The van der Waals surface area contributed by atoms with Crippen LogP contribution in [0.5, 0.6) is 0 Å². The fourth-order valence-electron chi connectivity index (χ4n) is 2.31. The van der Waals surface area contributed by atoms with E-state index in [1.54, 1.807) is 54.2 Å². The van der Waals surface area contributed by atoms with Gasteiger partial charge in [-0.05, 0) is 50.2 Å². The zero-order valence-electron chi connectivity index (χ0n) is 14.5. The van der Waals surface area contributed by atoms with Crippen molar-refractivity contribution in [1.82, 2.24) is 14.8 Å². The Morgan fingerprint density at radius 1 is 1.19 bits per heavy atom. The van der Waals surface area contributed by atoms with Crippen LogP contribution in [0.1, 0.15) is 33.5 Å². The molecule has 0 saturated carbocycles. The highest BCUT2D eigenvalue weighted by Crippen LogP contribution is 2.16. The Kier molecular flexibility index (Phi) is 5.07. The minimum Gasteiger partial charge on any atom is -0.461 e. The molecular weight excluding hydrogens is 332 g/mol. The number of nitrogens with one attached hydrogen (secondary N) is 1. The number of carbonyl (C=O) groups is 2. The predicted molar refractivity (Wildman–Crippen MR) is 96.4 cm³/mol. The van der Waals surface area contributed by atoms with E-state index in [-0.39, 0.29) is 11.6 Å². The van der Waals surface area contributed by atoms with Crippen molar-refractivity contribution >= 4 is 17.6 Å². The maximum absolute atomic E-state index is 12.3. The van der Waals surface area contributed by atoms with Gasteiger partial charge >= 0.3 is 5.97 Å². The number of hydrogen-bond acceptors (Lipinski definition) is 5. The third kappa shape index (κ3) is 3.94. The van der Waals surface area contributed by atoms with E-state index in [4.69, 9.17) is 4.74 Å². The Labute approximate surface area is 150 Å². The summed E-state index contributed by atoms with van der Waals surface area (Å²) < 4.78 is 6.48. The predicted octanol–water partition coefficient (Wildman–Crippen LogP) is 3.00. The molecule has 0 spiro atoms. The number of esters is 1. The lowest BCUT2D eigenvalue weighted by atomic mass is 10.2. The van der Waals surface area contributed by atoms with Crippen LogP contribution in [0.25, 0.3) is 5.69 Å². The van der Waals surface area contributed by atoms with Gasteiger partial charge in [-0.15, -0.1) is 0 Å². The van der Waals surface area contributed by atoms with E-state index >= 15 is 0 Å². The van der Waals surface area contributed by atoms with Gasteiger partial charge in [0, 0.05) is 23.8 Å². The highest BCUT2D eigenvalue weighted by molar-refractivity contribution is 6.04. The second-order valence-electron chi connectivity index (χ2n) is 5.56. The first-order chi connectivity index (χ1) is 12.6. The summed E-state index contributed by atoms with van der Waals surface area (Å²) in [5.74, 6) is -0.718. The van der Waals surface area contributed by atoms with Gasteiger partial charge in [-0.3, -0.25) is 9.78 Å². The van der Waals surface area contributed by atoms with Crippen molar-refractivity contribution in [2.75, 3.05) is 11.9 Å². The summed E-state index contributed by atoms with van der Waals surface area (Å²) in [6, 6.07) is 12.3. The summed E-state index contributed by atoms with van der Waals surface area (Å²) in [5.41, 5.74) is 2.87. The molecule has 132 valence electrons. The van der Waals surface area contributed by atoms with Crippen LogP contribution >= 0.6 is 0 Å². The Balaban J connectivity index is 1.77. The van der Waals surface area contributed by atoms with Crippen LogP contribution < -0.4 is 5.32 Å². The molecule has 1 N–H and O–H groups in total. The average Bonchev–Trinajstić information content (AvgIpc) is 3.13. The number of benzene rings is 1. The SMILES string of the molecule is CCOC(=O)c1ccn(-c2cccc(NC(=O)c3ccc(C)nc3)c2)n1. The van der Waals surface area contributed by atoms with E-state index in [1.165, 1.54) is 6.20 Å². The van der Waals surface area contributed by atoms with E-state index < -0.39 is 5.97 Å². The van der Waals surface area contributed by atoms with Crippen LogP contribution in [-0.2, 0) is 4.74 Å². The van der Waals surface area contributed by atoms with Crippen LogP contribution in [0, 0.1) is 6.92 Å². The van der Waals surface area contributed by atoms with Crippen LogP contribution in [0.15, 0.2) is 54.9 Å². The molecule has 0 aliphatic carbocycles. The molecule has 7 heteroatoms. The van der Waals surface area contributed by atoms with Crippen molar-refractivity contribution in [1.29, 1.82) is 0 Å². The molecule has 0 atom stereocenters. The van der Waals surface area contributed by atoms with E-state index in [0.29, 0.717) is 23.5 Å². The summed E-state index contributed by atoms with van der Waals surface area (Å²) in [4.78, 5) is 28.1. The Morgan fingerprint density at radius 2 is 2.04 bits per heavy atom. The zero-order valence-corrected chi connectivity index (χ0v) is 14.5. The van der Waals surface area contributed by atoms with E-state index in [0.717, 1.165) is 5.69 Å². The monoisotopic (exact) mass is 350 g/mol. The molecule has 1 amide bonds. The molecule has 0 unspecified atom stereocenters. The molecular formula is C19H18N4O3. The third-order valence-corrected chi connectivity index (χ3v) is 3.62. The Morgan fingerprint density at radius 3 is 2.77 bits per heavy atom. The van der Waals surface area contributed by atoms with Gasteiger partial charge in [-0.2, -0.15) is 5.10 Å². The Bertz CT molecular complexity index is 932. The number of ether oxygens (including phenoxy) is 1. The minimum atomic E-state index is -0.470.